The van der Waals surface area contributed by atoms with Crippen LogP contribution in [-0.4, -0.2) is 11.7 Å². The minimum absolute atomic E-state index is 0.177. The third kappa shape index (κ3) is 3.32. The largest absolute Gasteiger partial charge is 0.305 e. The number of nitrogens with one attached hydrogen (secondary N) is 1. The van der Waals surface area contributed by atoms with Gasteiger partial charge in [-0.25, -0.2) is 0 Å². The van der Waals surface area contributed by atoms with E-state index in [4.69, 9.17) is 5.41 Å². The summed E-state index contributed by atoms with van der Waals surface area (Å²) in [6, 6.07) is -1.34. The van der Waals surface area contributed by atoms with Crippen molar-refractivity contribution < 1.29 is 9.18 Å². The second-order valence-corrected chi connectivity index (χ2v) is 2.97. The minimum Gasteiger partial charge on any atom is -0.305 e. The Kier molecular flexibility index (Phi) is 3.55. The Bertz CT molecular complexity index is 279. The molecule has 0 saturated carbocycles. The van der Waals surface area contributed by atoms with E-state index in [9.17, 15) is 9.18 Å². The summed E-state index contributed by atoms with van der Waals surface area (Å²) in [5.41, 5.74) is 1.18. The Labute approximate surface area is 76.7 Å². The fourth-order valence-corrected chi connectivity index (χ4v) is 1.20. The Morgan fingerprint density at radius 1 is 1.46 bits per heavy atom. The van der Waals surface area contributed by atoms with Crippen LogP contribution in [0.4, 0.5) is 4.39 Å². The molecule has 1 aliphatic rings. The van der Waals surface area contributed by atoms with Gasteiger partial charge in [0.15, 0.2) is 0 Å². The number of hydrogen-bond donors (Lipinski definition) is 1. The molecular formula is C10H12FNO. The van der Waals surface area contributed by atoms with Crippen LogP contribution in [0.2, 0.25) is 0 Å². The van der Waals surface area contributed by atoms with Gasteiger partial charge in [0.1, 0.15) is 0 Å². The van der Waals surface area contributed by atoms with Crippen LogP contribution in [-0.2, 0) is 4.79 Å². The highest BCUT2D eigenvalue weighted by atomic mass is 19.1. The van der Waals surface area contributed by atoms with Crippen LogP contribution < -0.4 is 0 Å². The van der Waals surface area contributed by atoms with Crippen LogP contribution in [0.25, 0.3) is 0 Å². The standard InChI is InChI=1S/C10H12FNO/c11-10(13)7-6-9(12)8-4-2-1-3-5-8/h2,4-5,12H,1,3,6-7H2. The van der Waals surface area contributed by atoms with Crippen molar-refractivity contribution in [2.24, 2.45) is 0 Å². The first-order valence-electron chi connectivity index (χ1n) is 4.33. The van der Waals surface area contributed by atoms with Crippen LogP contribution in [0, 0.1) is 5.41 Å². The summed E-state index contributed by atoms with van der Waals surface area (Å²) < 4.78 is 11.9. The fraction of sp³-hybridized carbons (Fsp3) is 0.400. The van der Waals surface area contributed by atoms with Gasteiger partial charge in [0.05, 0.1) is 0 Å². The first-order valence-corrected chi connectivity index (χ1v) is 4.33. The molecule has 0 aliphatic heterocycles. The molecule has 0 saturated heterocycles. The Balaban J connectivity index is 2.43. The summed E-state index contributed by atoms with van der Waals surface area (Å²) in [5.74, 6) is 0. The zero-order valence-corrected chi connectivity index (χ0v) is 7.35. The van der Waals surface area contributed by atoms with Crippen LogP contribution in [0.5, 0.6) is 0 Å². The summed E-state index contributed by atoms with van der Waals surface area (Å²) >= 11 is 0. The maximum atomic E-state index is 11.9. The lowest BCUT2D eigenvalue weighted by molar-refractivity contribution is -0.129. The van der Waals surface area contributed by atoms with E-state index in [1.807, 2.05) is 18.2 Å². The molecule has 2 nitrogen and oxygen atoms in total. The molecule has 1 aliphatic carbocycles. The monoisotopic (exact) mass is 181 g/mol. The van der Waals surface area contributed by atoms with Crippen LogP contribution >= 0.6 is 0 Å². The summed E-state index contributed by atoms with van der Waals surface area (Å²) in [4.78, 5) is 10.0. The van der Waals surface area contributed by atoms with Gasteiger partial charge < -0.3 is 5.41 Å². The van der Waals surface area contributed by atoms with E-state index >= 15 is 0 Å². The zero-order chi connectivity index (χ0) is 9.68. The minimum atomic E-state index is -1.34. The molecule has 1 N–H and O–H groups in total. The van der Waals surface area contributed by atoms with Crippen molar-refractivity contribution in [3.8, 4) is 0 Å². The van der Waals surface area contributed by atoms with Gasteiger partial charge in [-0.15, -0.1) is 0 Å². The second kappa shape index (κ2) is 4.70. The van der Waals surface area contributed by atoms with Gasteiger partial charge in [0.25, 0.3) is 0 Å². The third-order valence-electron chi connectivity index (χ3n) is 1.92. The lowest BCUT2D eigenvalue weighted by atomic mass is 10.00. The van der Waals surface area contributed by atoms with Crippen molar-refractivity contribution in [2.75, 3.05) is 0 Å². The van der Waals surface area contributed by atoms with E-state index < -0.39 is 6.04 Å². The van der Waals surface area contributed by atoms with Gasteiger partial charge in [-0.05, 0) is 24.8 Å². The Hall–Kier alpha value is -1.25. The number of rotatable bonds is 4. The molecule has 13 heavy (non-hydrogen) atoms. The second-order valence-electron chi connectivity index (χ2n) is 2.97. The van der Waals surface area contributed by atoms with Gasteiger partial charge >= 0.3 is 6.04 Å². The average molecular weight is 181 g/mol. The molecule has 0 radical (unpaired) electrons. The molecule has 0 aromatic rings. The van der Waals surface area contributed by atoms with E-state index in [-0.39, 0.29) is 12.8 Å². The molecule has 1 rings (SSSR count). The lowest BCUT2D eigenvalue weighted by Gasteiger charge is -2.06. The van der Waals surface area contributed by atoms with Crippen LogP contribution in [0.1, 0.15) is 25.7 Å². The summed E-state index contributed by atoms with van der Waals surface area (Å²) in [5, 5.41) is 7.54. The first kappa shape index (κ1) is 9.84. The maximum Gasteiger partial charge on any atom is 0.301 e. The van der Waals surface area contributed by atoms with Crippen molar-refractivity contribution in [3.05, 3.63) is 23.8 Å². The van der Waals surface area contributed by atoms with Gasteiger partial charge in [0, 0.05) is 12.1 Å². The van der Waals surface area contributed by atoms with Crippen molar-refractivity contribution in [1.82, 2.24) is 0 Å². The Morgan fingerprint density at radius 2 is 2.23 bits per heavy atom. The van der Waals surface area contributed by atoms with Gasteiger partial charge in [0.2, 0.25) is 0 Å². The molecule has 0 aromatic carbocycles. The topological polar surface area (TPSA) is 40.9 Å². The molecule has 0 amide bonds. The van der Waals surface area contributed by atoms with Crippen LogP contribution in [0.15, 0.2) is 23.8 Å². The number of carbonyl (C=O) groups is 1. The van der Waals surface area contributed by atoms with Crippen molar-refractivity contribution in [1.29, 1.82) is 5.41 Å². The van der Waals surface area contributed by atoms with E-state index in [1.54, 1.807) is 0 Å². The SMILES string of the molecule is N=C(CCC(=O)F)C1=CCCC=C1. The van der Waals surface area contributed by atoms with Gasteiger partial charge in [-0.3, -0.25) is 4.79 Å². The number of carbonyl (C=O) groups excluding carboxylic acids is 1. The molecule has 0 aromatic heterocycles. The van der Waals surface area contributed by atoms with E-state index in [2.05, 4.69) is 0 Å². The summed E-state index contributed by atoms with van der Waals surface area (Å²) in [7, 11) is 0. The predicted octanol–water partition coefficient (Wildman–Crippen LogP) is 2.56. The quantitative estimate of drug-likeness (QED) is 0.525. The molecule has 70 valence electrons. The molecule has 0 fully saturated rings. The molecule has 0 bridgehead atoms. The molecule has 0 atom stereocenters. The normalized spacial score (nSPS) is 15.3. The number of hydrogen-bond acceptors (Lipinski definition) is 2. The third-order valence-corrected chi connectivity index (χ3v) is 1.92. The van der Waals surface area contributed by atoms with Crippen LogP contribution in [0.3, 0.4) is 0 Å². The van der Waals surface area contributed by atoms with Crippen molar-refractivity contribution in [2.45, 2.75) is 25.7 Å². The molecular weight excluding hydrogens is 169 g/mol. The van der Waals surface area contributed by atoms with E-state index in [1.165, 1.54) is 0 Å². The van der Waals surface area contributed by atoms with E-state index in [0.29, 0.717) is 5.71 Å². The number of halogens is 1. The Morgan fingerprint density at radius 3 is 2.77 bits per heavy atom. The molecule has 0 heterocycles. The van der Waals surface area contributed by atoms with E-state index in [0.717, 1.165) is 18.4 Å². The van der Waals surface area contributed by atoms with Gasteiger partial charge in [-0.1, -0.05) is 18.2 Å². The van der Waals surface area contributed by atoms with Crippen molar-refractivity contribution in [3.63, 3.8) is 0 Å². The molecule has 3 heteroatoms. The first-order chi connectivity index (χ1) is 6.20. The summed E-state index contributed by atoms with van der Waals surface area (Å²) in [6.07, 6.45) is 7.74. The molecule has 0 spiro atoms. The zero-order valence-electron chi connectivity index (χ0n) is 7.35. The fourth-order valence-electron chi connectivity index (χ4n) is 1.20. The highest BCUT2D eigenvalue weighted by Gasteiger charge is 2.06. The predicted molar refractivity (Wildman–Crippen MR) is 49.5 cm³/mol. The maximum absolute atomic E-state index is 11.9. The highest BCUT2D eigenvalue weighted by molar-refractivity contribution is 6.01. The number of allylic oxidation sites excluding steroid dienone is 4. The highest BCUT2D eigenvalue weighted by Crippen LogP contribution is 2.13. The lowest BCUT2D eigenvalue weighted by Crippen LogP contribution is -2.03. The van der Waals surface area contributed by atoms with Gasteiger partial charge in [-0.2, -0.15) is 4.39 Å². The summed E-state index contributed by atoms with van der Waals surface area (Å²) in [6.45, 7) is 0. The van der Waals surface area contributed by atoms with Crippen molar-refractivity contribution >= 4 is 11.7 Å². The smallest absolute Gasteiger partial charge is 0.301 e. The molecule has 0 unspecified atom stereocenters. The average Bonchev–Trinajstić information content (AvgIpc) is 2.15.